The molecule has 0 nitrogen and oxygen atoms in total. The Labute approximate surface area is 109 Å². The van der Waals surface area contributed by atoms with E-state index in [4.69, 9.17) is 0 Å². The Morgan fingerprint density at radius 2 is 1.53 bits per heavy atom. The summed E-state index contributed by atoms with van der Waals surface area (Å²) in [6.07, 6.45) is 11.4. The summed E-state index contributed by atoms with van der Waals surface area (Å²) in [5.41, 5.74) is 1.74. The molecule has 0 spiro atoms. The zero-order valence-electron chi connectivity index (χ0n) is 9.07. The van der Waals surface area contributed by atoms with Gasteiger partial charge < -0.3 is 0 Å². The van der Waals surface area contributed by atoms with Crippen molar-refractivity contribution in [2.75, 3.05) is 0 Å². The fourth-order valence-electron chi connectivity index (χ4n) is 3.34. The van der Waals surface area contributed by atoms with E-state index in [1.807, 2.05) is 0 Å². The summed E-state index contributed by atoms with van der Waals surface area (Å²) >= 11 is 7.78. The third-order valence-electron chi connectivity index (χ3n) is 4.39. The summed E-state index contributed by atoms with van der Waals surface area (Å²) < 4.78 is 2.01. The highest BCUT2D eigenvalue weighted by Crippen LogP contribution is 2.63. The Kier molecular flexibility index (Phi) is 2.79. The maximum absolute atomic E-state index is 3.93. The van der Waals surface area contributed by atoms with Gasteiger partial charge in [-0.05, 0) is 47.6 Å². The van der Waals surface area contributed by atoms with Crippen molar-refractivity contribution in [3.8, 4) is 0 Å². The average Bonchev–Trinajstić information content (AvgIpc) is 2.89. The molecule has 0 N–H and O–H groups in total. The molecule has 2 atom stereocenters. The molecule has 0 heterocycles. The molecule has 2 heteroatoms. The third kappa shape index (κ3) is 1.76. The van der Waals surface area contributed by atoms with Crippen LogP contribution in [0.1, 0.15) is 51.4 Å². The van der Waals surface area contributed by atoms with E-state index >= 15 is 0 Å². The van der Waals surface area contributed by atoms with Gasteiger partial charge in [0.2, 0.25) is 0 Å². The van der Waals surface area contributed by atoms with Gasteiger partial charge in [0.1, 0.15) is 0 Å². The first kappa shape index (κ1) is 10.8. The zero-order chi connectivity index (χ0) is 10.5. The van der Waals surface area contributed by atoms with Crippen molar-refractivity contribution in [1.29, 1.82) is 0 Å². The van der Waals surface area contributed by atoms with E-state index in [-0.39, 0.29) is 0 Å². The summed E-state index contributed by atoms with van der Waals surface area (Å²) in [7, 11) is 0. The van der Waals surface area contributed by atoms with Gasteiger partial charge >= 0.3 is 0 Å². The minimum absolute atomic E-state index is 0.437. The van der Waals surface area contributed by atoms with Crippen LogP contribution < -0.4 is 0 Å². The molecule has 0 saturated heterocycles. The molecule has 2 fully saturated rings. The summed E-state index contributed by atoms with van der Waals surface area (Å²) in [4.78, 5) is 0. The van der Waals surface area contributed by atoms with Gasteiger partial charge in [0.15, 0.2) is 0 Å². The van der Waals surface area contributed by atoms with E-state index in [1.165, 1.54) is 51.4 Å². The molecule has 0 bridgehead atoms. The van der Waals surface area contributed by atoms with E-state index in [9.17, 15) is 0 Å². The monoisotopic (exact) mass is 332 g/mol. The predicted octanol–water partition coefficient (Wildman–Crippen LogP) is 5.16. The molecule has 2 unspecified atom stereocenters. The van der Waals surface area contributed by atoms with Gasteiger partial charge in [-0.3, -0.25) is 0 Å². The largest absolute Gasteiger partial charge is 0.0804 e. The lowest BCUT2D eigenvalue weighted by atomic mass is 9.67. The zero-order valence-corrected chi connectivity index (χ0v) is 12.2. The molecule has 0 aromatic heterocycles. The molecule has 84 valence electrons. The lowest BCUT2D eigenvalue weighted by Crippen LogP contribution is -2.34. The number of fused-ring (bicyclic) bond motifs is 1. The molecular weight excluding hydrogens is 316 g/mol. The first-order chi connectivity index (χ1) is 7.22. The SMILES string of the molecule is BrC1=C(C2(Br)CC2)C2CCCCCCC12. The van der Waals surface area contributed by atoms with Gasteiger partial charge in [-0.1, -0.05) is 57.5 Å². The minimum Gasteiger partial charge on any atom is -0.0804 e. The lowest BCUT2D eigenvalue weighted by Gasteiger charge is -2.43. The number of hydrogen-bond acceptors (Lipinski definition) is 0. The Morgan fingerprint density at radius 3 is 2.13 bits per heavy atom. The molecule has 3 aliphatic carbocycles. The predicted molar refractivity (Wildman–Crippen MR) is 71.5 cm³/mol. The van der Waals surface area contributed by atoms with Crippen molar-refractivity contribution >= 4 is 31.9 Å². The van der Waals surface area contributed by atoms with Crippen LogP contribution in [0.25, 0.3) is 0 Å². The number of allylic oxidation sites excluding steroid dienone is 2. The molecule has 3 rings (SSSR count). The smallest absolute Gasteiger partial charge is 0.0480 e. The second-order valence-electron chi connectivity index (χ2n) is 5.43. The van der Waals surface area contributed by atoms with E-state index in [1.54, 1.807) is 10.1 Å². The molecule has 0 radical (unpaired) electrons. The Balaban J connectivity index is 1.82. The highest BCUT2D eigenvalue weighted by atomic mass is 79.9. The maximum Gasteiger partial charge on any atom is 0.0480 e. The van der Waals surface area contributed by atoms with Crippen LogP contribution in [0.3, 0.4) is 0 Å². The molecule has 0 amide bonds. The number of hydrogen-bond donors (Lipinski definition) is 0. The van der Waals surface area contributed by atoms with Gasteiger partial charge in [0.05, 0.1) is 0 Å². The van der Waals surface area contributed by atoms with E-state index in [2.05, 4.69) is 31.9 Å². The fourth-order valence-corrected chi connectivity index (χ4v) is 5.53. The third-order valence-corrected chi connectivity index (χ3v) is 6.63. The van der Waals surface area contributed by atoms with Crippen LogP contribution in [-0.2, 0) is 0 Å². The van der Waals surface area contributed by atoms with E-state index < -0.39 is 0 Å². The summed E-state index contributed by atoms with van der Waals surface area (Å²) in [6, 6.07) is 0. The van der Waals surface area contributed by atoms with Crippen molar-refractivity contribution in [3.05, 3.63) is 10.1 Å². The Morgan fingerprint density at radius 1 is 0.933 bits per heavy atom. The number of rotatable bonds is 1. The topological polar surface area (TPSA) is 0 Å². The molecule has 0 aromatic rings. The van der Waals surface area contributed by atoms with Crippen LogP contribution >= 0.6 is 31.9 Å². The van der Waals surface area contributed by atoms with Gasteiger partial charge in [-0.25, -0.2) is 0 Å². The van der Waals surface area contributed by atoms with Crippen LogP contribution in [0.2, 0.25) is 0 Å². The second-order valence-corrected chi connectivity index (χ2v) is 7.80. The lowest BCUT2D eigenvalue weighted by molar-refractivity contribution is 0.295. The minimum atomic E-state index is 0.437. The Hall–Kier alpha value is 0.700. The van der Waals surface area contributed by atoms with Crippen molar-refractivity contribution in [2.24, 2.45) is 11.8 Å². The van der Waals surface area contributed by atoms with Crippen LogP contribution in [-0.4, -0.2) is 4.32 Å². The standard InChI is InChI=1S/C13H18Br2/c14-12-10-6-4-2-1-3-5-9(10)11(12)13(15)7-8-13/h9-10H,1-8H2. The van der Waals surface area contributed by atoms with Crippen LogP contribution in [0, 0.1) is 11.8 Å². The van der Waals surface area contributed by atoms with Crippen molar-refractivity contribution in [3.63, 3.8) is 0 Å². The average molecular weight is 334 g/mol. The molecular formula is C13H18Br2. The normalized spacial score (nSPS) is 38.8. The van der Waals surface area contributed by atoms with Crippen LogP contribution in [0.15, 0.2) is 10.1 Å². The van der Waals surface area contributed by atoms with E-state index in [0.717, 1.165) is 11.8 Å². The molecule has 2 saturated carbocycles. The first-order valence-electron chi connectivity index (χ1n) is 6.31. The highest BCUT2D eigenvalue weighted by Gasteiger charge is 2.53. The van der Waals surface area contributed by atoms with Gasteiger partial charge in [0, 0.05) is 4.32 Å². The van der Waals surface area contributed by atoms with Gasteiger partial charge in [0.25, 0.3) is 0 Å². The van der Waals surface area contributed by atoms with Crippen molar-refractivity contribution in [1.82, 2.24) is 0 Å². The number of halogens is 2. The van der Waals surface area contributed by atoms with E-state index in [0.29, 0.717) is 4.32 Å². The second kappa shape index (κ2) is 3.87. The molecule has 0 aliphatic heterocycles. The Bertz CT molecular complexity index is 302. The summed E-state index contributed by atoms with van der Waals surface area (Å²) in [5, 5.41) is 0. The van der Waals surface area contributed by atoms with Crippen LogP contribution in [0.4, 0.5) is 0 Å². The van der Waals surface area contributed by atoms with Crippen molar-refractivity contribution in [2.45, 2.75) is 55.7 Å². The highest BCUT2D eigenvalue weighted by molar-refractivity contribution is 9.12. The molecule has 3 aliphatic rings. The quantitative estimate of drug-likeness (QED) is 0.581. The summed E-state index contributed by atoms with van der Waals surface area (Å²) in [5.74, 6) is 1.80. The molecule has 0 aromatic carbocycles. The maximum atomic E-state index is 3.93. The van der Waals surface area contributed by atoms with Crippen molar-refractivity contribution < 1.29 is 0 Å². The van der Waals surface area contributed by atoms with Gasteiger partial charge in [-0.2, -0.15) is 0 Å². The molecule has 15 heavy (non-hydrogen) atoms. The number of alkyl halides is 1. The van der Waals surface area contributed by atoms with Gasteiger partial charge in [-0.15, -0.1) is 0 Å². The first-order valence-corrected chi connectivity index (χ1v) is 7.90. The van der Waals surface area contributed by atoms with Crippen LogP contribution in [0.5, 0.6) is 0 Å². The summed E-state index contributed by atoms with van der Waals surface area (Å²) in [6.45, 7) is 0. The fraction of sp³-hybridized carbons (Fsp3) is 0.846.